The lowest BCUT2D eigenvalue weighted by atomic mass is 10.2. The summed E-state index contributed by atoms with van der Waals surface area (Å²) in [6, 6.07) is -0.0226. The summed E-state index contributed by atoms with van der Waals surface area (Å²) in [6.07, 6.45) is 7.50. The molecule has 102 valence electrons. The van der Waals surface area contributed by atoms with Gasteiger partial charge in [-0.05, 0) is 41.3 Å². The molecule has 2 N–H and O–H groups in total. The van der Waals surface area contributed by atoms with Crippen LogP contribution in [0.5, 0.6) is 5.88 Å². The Labute approximate surface area is 120 Å². The van der Waals surface area contributed by atoms with Crippen molar-refractivity contribution >= 4 is 27.6 Å². The molecule has 1 aliphatic rings. The molecule has 0 spiro atoms. The molecule has 0 atom stereocenters. The van der Waals surface area contributed by atoms with E-state index in [0.29, 0.717) is 11.6 Å². The van der Waals surface area contributed by atoms with Crippen molar-refractivity contribution < 1.29 is 9.53 Å². The van der Waals surface area contributed by atoms with Crippen LogP contribution in [-0.4, -0.2) is 24.2 Å². The van der Waals surface area contributed by atoms with Crippen molar-refractivity contribution in [3.8, 4) is 5.88 Å². The summed E-state index contributed by atoms with van der Waals surface area (Å²) in [4.78, 5) is 16.0. The highest BCUT2D eigenvalue weighted by molar-refractivity contribution is 9.10. The molecule has 0 radical (unpaired) electrons. The van der Waals surface area contributed by atoms with Crippen LogP contribution in [0.25, 0.3) is 0 Å². The van der Waals surface area contributed by atoms with Crippen molar-refractivity contribution in [1.29, 1.82) is 0 Å². The minimum atomic E-state index is -0.212. The lowest BCUT2D eigenvalue weighted by molar-refractivity contribution is 0.249. The largest absolute Gasteiger partial charge is 0.480 e. The molecule has 0 bridgehead atoms. The molecule has 2 amide bonds. The lowest BCUT2D eigenvalue weighted by Crippen LogP contribution is -2.36. The maximum absolute atomic E-state index is 11.9. The Morgan fingerprint density at radius 1 is 1.47 bits per heavy atom. The van der Waals surface area contributed by atoms with E-state index in [9.17, 15) is 4.79 Å². The van der Waals surface area contributed by atoms with Crippen LogP contribution in [-0.2, 0) is 0 Å². The Morgan fingerprint density at radius 2 is 2.16 bits per heavy atom. The molecule has 1 aliphatic carbocycles. The van der Waals surface area contributed by atoms with Gasteiger partial charge in [-0.2, -0.15) is 0 Å². The number of halogens is 1. The first-order chi connectivity index (χ1) is 9.11. The second-order valence-corrected chi connectivity index (χ2v) is 5.15. The van der Waals surface area contributed by atoms with E-state index in [1.54, 1.807) is 13.3 Å². The number of nitrogens with zero attached hydrogens (tertiary/aromatic N) is 1. The van der Waals surface area contributed by atoms with E-state index in [2.05, 4.69) is 43.7 Å². The number of ether oxygens (including phenoxy) is 1. The number of carbonyl (C=O) groups excluding carboxylic acids is 1. The van der Waals surface area contributed by atoms with Gasteiger partial charge in [-0.3, -0.25) is 0 Å². The second kappa shape index (κ2) is 6.06. The third-order valence-corrected chi connectivity index (χ3v) is 3.95. The Kier molecular flexibility index (Phi) is 4.42. The summed E-state index contributed by atoms with van der Waals surface area (Å²) in [5.74, 6) is 0.503. The Hall–Kier alpha value is -1.56. The van der Waals surface area contributed by atoms with E-state index < -0.39 is 0 Å². The molecule has 2 rings (SSSR count). The molecule has 1 aromatic heterocycles. The zero-order valence-corrected chi connectivity index (χ0v) is 12.5. The molecule has 0 saturated heterocycles. The Morgan fingerprint density at radius 3 is 2.79 bits per heavy atom. The van der Waals surface area contributed by atoms with Gasteiger partial charge in [0, 0.05) is 6.04 Å². The predicted molar refractivity (Wildman–Crippen MR) is 77.5 cm³/mol. The van der Waals surface area contributed by atoms with Crippen LogP contribution in [0.15, 0.2) is 22.8 Å². The number of carbonyl (C=O) groups is 1. The highest BCUT2D eigenvalue weighted by Crippen LogP contribution is 2.30. The Bertz CT molecular complexity index is 509. The van der Waals surface area contributed by atoms with Gasteiger partial charge in [0.15, 0.2) is 0 Å². The number of amides is 2. The third-order valence-electron chi connectivity index (χ3n) is 3.02. The van der Waals surface area contributed by atoms with Crippen molar-refractivity contribution in [2.45, 2.75) is 25.8 Å². The summed E-state index contributed by atoms with van der Waals surface area (Å²) < 4.78 is 5.84. The summed E-state index contributed by atoms with van der Waals surface area (Å²) in [5, 5.41) is 5.72. The smallest absolute Gasteiger partial charge is 0.319 e. The van der Waals surface area contributed by atoms with Crippen LogP contribution in [0.3, 0.4) is 0 Å². The number of hydrogen-bond acceptors (Lipinski definition) is 3. The van der Waals surface area contributed by atoms with Gasteiger partial charge in [0.2, 0.25) is 5.88 Å². The molecular formula is C13H16BrN3O2. The quantitative estimate of drug-likeness (QED) is 0.840. The predicted octanol–water partition coefficient (Wildman–Crippen LogP) is 3.00. The molecule has 1 aromatic rings. The number of nitrogens with one attached hydrogen (secondary N) is 2. The molecular weight excluding hydrogens is 310 g/mol. The van der Waals surface area contributed by atoms with E-state index in [0.717, 1.165) is 22.9 Å². The van der Waals surface area contributed by atoms with Crippen LogP contribution >= 0.6 is 15.9 Å². The second-order valence-electron chi connectivity index (χ2n) is 4.36. The molecule has 0 fully saturated rings. The van der Waals surface area contributed by atoms with Gasteiger partial charge in [-0.1, -0.05) is 12.2 Å². The zero-order valence-electron chi connectivity index (χ0n) is 10.9. The first-order valence-electron chi connectivity index (χ1n) is 6.03. The number of methoxy groups -OCH3 is 1. The normalized spacial score (nSPS) is 14.5. The van der Waals surface area contributed by atoms with Crippen LogP contribution in [0.4, 0.5) is 10.5 Å². The standard InChI is InChI=1S/C13H16BrN3O2/c1-8-10(7-15-12(19-2)11(8)14)17-13(18)16-9-5-3-4-6-9/h3-4,7,9H,5-6H2,1-2H3,(H2,16,17,18). The molecule has 5 nitrogen and oxygen atoms in total. The van der Waals surface area contributed by atoms with Crippen molar-refractivity contribution in [3.05, 3.63) is 28.4 Å². The topological polar surface area (TPSA) is 63.2 Å². The minimum absolute atomic E-state index is 0.190. The number of rotatable bonds is 3. The van der Waals surface area contributed by atoms with Gasteiger partial charge in [0.05, 0.1) is 23.5 Å². The summed E-state index contributed by atoms with van der Waals surface area (Å²) in [7, 11) is 1.55. The van der Waals surface area contributed by atoms with Gasteiger partial charge in [-0.15, -0.1) is 0 Å². The monoisotopic (exact) mass is 325 g/mol. The highest BCUT2D eigenvalue weighted by atomic mass is 79.9. The molecule has 19 heavy (non-hydrogen) atoms. The van der Waals surface area contributed by atoms with E-state index in [1.807, 2.05) is 6.92 Å². The van der Waals surface area contributed by atoms with E-state index in [4.69, 9.17) is 4.74 Å². The molecule has 0 unspecified atom stereocenters. The van der Waals surface area contributed by atoms with Crippen molar-refractivity contribution in [2.75, 3.05) is 12.4 Å². The zero-order chi connectivity index (χ0) is 13.8. The van der Waals surface area contributed by atoms with Crippen LogP contribution in [0.1, 0.15) is 18.4 Å². The van der Waals surface area contributed by atoms with Crippen molar-refractivity contribution in [3.63, 3.8) is 0 Å². The number of aromatic nitrogens is 1. The van der Waals surface area contributed by atoms with Crippen LogP contribution in [0, 0.1) is 6.92 Å². The average molecular weight is 326 g/mol. The molecule has 6 heteroatoms. The van der Waals surface area contributed by atoms with Crippen molar-refractivity contribution in [2.24, 2.45) is 0 Å². The fourth-order valence-corrected chi connectivity index (χ4v) is 2.38. The molecule has 0 aromatic carbocycles. The van der Waals surface area contributed by atoms with Crippen LogP contribution in [0.2, 0.25) is 0 Å². The number of urea groups is 1. The SMILES string of the molecule is COc1ncc(NC(=O)NC2CC=CC2)c(C)c1Br. The van der Waals surface area contributed by atoms with E-state index >= 15 is 0 Å². The van der Waals surface area contributed by atoms with Gasteiger partial charge in [0.1, 0.15) is 0 Å². The maximum atomic E-state index is 11.9. The van der Waals surface area contributed by atoms with E-state index in [-0.39, 0.29) is 12.1 Å². The first-order valence-corrected chi connectivity index (χ1v) is 6.82. The lowest BCUT2D eigenvalue weighted by Gasteiger charge is -2.15. The van der Waals surface area contributed by atoms with Crippen molar-refractivity contribution in [1.82, 2.24) is 10.3 Å². The fourth-order valence-electron chi connectivity index (χ4n) is 1.90. The molecule has 1 heterocycles. The van der Waals surface area contributed by atoms with Gasteiger partial charge >= 0.3 is 6.03 Å². The van der Waals surface area contributed by atoms with Crippen LogP contribution < -0.4 is 15.4 Å². The molecule has 0 saturated carbocycles. The summed E-state index contributed by atoms with van der Waals surface area (Å²) in [5.41, 5.74) is 1.54. The fraction of sp³-hybridized carbons (Fsp3) is 0.385. The maximum Gasteiger partial charge on any atom is 0.319 e. The average Bonchev–Trinajstić information content (AvgIpc) is 2.88. The number of hydrogen-bond donors (Lipinski definition) is 2. The van der Waals surface area contributed by atoms with Gasteiger partial charge in [-0.25, -0.2) is 9.78 Å². The summed E-state index contributed by atoms with van der Waals surface area (Å²) >= 11 is 3.40. The highest BCUT2D eigenvalue weighted by Gasteiger charge is 2.15. The number of anilines is 1. The summed E-state index contributed by atoms with van der Waals surface area (Å²) in [6.45, 7) is 1.89. The Balaban J connectivity index is 2.02. The van der Waals surface area contributed by atoms with Gasteiger partial charge < -0.3 is 15.4 Å². The van der Waals surface area contributed by atoms with Gasteiger partial charge in [0.25, 0.3) is 0 Å². The third kappa shape index (κ3) is 3.26. The minimum Gasteiger partial charge on any atom is -0.480 e. The molecule has 0 aliphatic heterocycles. The van der Waals surface area contributed by atoms with E-state index in [1.165, 1.54) is 0 Å². The first kappa shape index (κ1) is 13.9. The number of pyridine rings is 1.